The van der Waals surface area contributed by atoms with Crippen LogP contribution in [0.3, 0.4) is 0 Å². The fourth-order valence-electron chi connectivity index (χ4n) is 2.88. The molecule has 0 radical (unpaired) electrons. The van der Waals surface area contributed by atoms with E-state index in [0.29, 0.717) is 6.04 Å². The zero-order valence-corrected chi connectivity index (χ0v) is 12.1. The summed E-state index contributed by atoms with van der Waals surface area (Å²) in [5.41, 5.74) is 5.13. The van der Waals surface area contributed by atoms with Gasteiger partial charge in [0, 0.05) is 25.3 Å². The zero-order valence-electron chi connectivity index (χ0n) is 12.1. The summed E-state index contributed by atoms with van der Waals surface area (Å²) in [7, 11) is 3.95. The molecular formula is C15H24N2O. The van der Waals surface area contributed by atoms with Crippen LogP contribution in [0.15, 0.2) is 6.07 Å². The predicted octanol–water partition coefficient (Wildman–Crippen LogP) is 2.42. The third-order valence-corrected chi connectivity index (χ3v) is 4.16. The monoisotopic (exact) mass is 248 g/mol. The van der Waals surface area contributed by atoms with Crippen molar-refractivity contribution in [3.63, 3.8) is 0 Å². The maximum absolute atomic E-state index is 5.49. The van der Waals surface area contributed by atoms with Gasteiger partial charge in [-0.15, -0.1) is 0 Å². The number of nitrogens with zero attached hydrogens (tertiary/aromatic N) is 1. The lowest BCUT2D eigenvalue weighted by molar-refractivity contribution is 0.408. The van der Waals surface area contributed by atoms with Gasteiger partial charge in [-0.1, -0.05) is 0 Å². The highest BCUT2D eigenvalue weighted by molar-refractivity contribution is 5.63. The first-order valence-corrected chi connectivity index (χ1v) is 6.64. The van der Waals surface area contributed by atoms with E-state index < -0.39 is 0 Å². The van der Waals surface area contributed by atoms with E-state index >= 15 is 0 Å². The lowest BCUT2D eigenvalue weighted by atomic mass is 10.0. The molecule has 0 aliphatic carbocycles. The van der Waals surface area contributed by atoms with Crippen molar-refractivity contribution in [1.82, 2.24) is 5.32 Å². The van der Waals surface area contributed by atoms with Gasteiger partial charge in [-0.3, -0.25) is 0 Å². The quantitative estimate of drug-likeness (QED) is 0.889. The fourth-order valence-corrected chi connectivity index (χ4v) is 2.88. The highest BCUT2D eigenvalue weighted by atomic mass is 16.5. The van der Waals surface area contributed by atoms with Gasteiger partial charge in [-0.05, 0) is 56.5 Å². The largest absolute Gasteiger partial charge is 0.496 e. The summed E-state index contributed by atoms with van der Waals surface area (Å²) in [6, 6.07) is 2.86. The van der Waals surface area contributed by atoms with Gasteiger partial charge in [-0.25, -0.2) is 0 Å². The van der Waals surface area contributed by atoms with Gasteiger partial charge in [0.05, 0.1) is 7.11 Å². The van der Waals surface area contributed by atoms with Crippen molar-refractivity contribution in [2.45, 2.75) is 33.2 Å². The minimum atomic E-state index is 0.607. The van der Waals surface area contributed by atoms with Gasteiger partial charge >= 0.3 is 0 Å². The van der Waals surface area contributed by atoms with E-state index in [4.69, 9.17) is 4.74 Å². The van der Waals surface area contributed by atoms with Gasteiger partial charge < -0.3 is 15.0 Å². The summed E-state index contributed by atoms with van der Waals surface area (Å²) in [6.45, 7) is 8.66. The third kappa shape index (κ3) is 2.19. The second-order valence-corrected chi connectivity index (χ2v) is 5.25. The molecule has 1 saturated heterocycles. The Hall–Kier alpha value is -1.22. The Morgan fingerprint density at radius 2 is 2.00 bits per heavy atom. The number of likely N-dealkylation sites (N-methyl/N-ethyl adjacent to an activating group) is 1. The average Bonchev–Trinajstić information content (AvgIpc) is 2.87. The van der Waals surface area contributed by atoms with E-state index in [-0.39, 0.29) is 0 Å². The van der Waals surface area contributed by atoms with Gasteiger partial charge in [0.15, 0.2) is 0 Å². The Morgan fingerprint density at radius 1 is 1.28 bits per heavy atom. The molecule has 0 aromatic heterocycles. The van der Waals surface area contributed by atoms with Crippen LogP contribution in [-0.4, -0.2) is 33.3 Å². The Balaban J connectivity index is 2.38. The second kappa shape index (κ2) is 5.19. The van der Waals surface area contributed by atoms with Crippen LogP contribution >= 0.6 is 0 Å². The summed E-state index contributed by atoms with van der Waals surface area (Å²) in [5.74, 6) is 1.02. The number of hydrogen-bond donors (Lipinski definition) is 1. The molecule has 0 amide bonds. The number of aryl methyl sites for hydroxylation is 1. The van der Waals surface area contributed by atoms with E-state index in [1.165, 1.54) is 28.8 Å². The van der Waals surface area contributed by atoms with E-state index in [2.05, 4.69) is 44.1 Å². The summed E-state index contributed by atoms with van der Waals surface area (Å²) < 4.78 is 5.49. The SMILES string of the molecule is COc1c(C)cc(N(C)C2CCNC2)c(C)c1C. The van der Waals surface area contributed by atoms with Crippen LogP contribution in [0.4, 0.5) is 5.69 Å². The molecule has 1 fully saturated rings. The molecule has 1 heterocycles. The average molecular weight is 248 g/mol. The highest BCUT2D eigenvalue weighted by Gasteiger charge is 2.22. The second-order valence-electron chi connectivity index (χ2n) is 5.25. The first-order valence-electron chi connectivity index (χ1n) is 6.64. The Labute approximate surface area is 110 Å². The molecule has 0 saturated carbocycles. The highest BCUT2D eigenvalue weighted by Crippen LogP contribution is 2.34. The maximum Gasteiger partial charge on any atom is 0.125 e. The van der Waals surface area contributed by atoms with Crippen LogP contribution in [0.25, 0.3) is 0 Å². The molecule has 1 aliphatic rings. The van der Waals surface area contributed by atoms with E-state index in [9.17, 15) is 0 Å². The Morgan fingerprint density at radius 3 is 2.56 bits per heavy atom. The smallest absolute Gasteiger partial charge is 0.125 e. The molecule has 0 spiro atoms. The van der Waals surface area contributed by atoms with Crippen molar-refractivity contribution in [3.05, 3.63) is 22.8 Å². The fraction of sp³-hybridized carbons (Fsp3) is 0.600. The topological polar surface area (TPSA) is 24.5 Å². The molecule has 0 bridgehead atoms. The van der Waals surface area contributed by atoms with Gasteiger partial charge in [0.1, 0.15) is 5.75 Å². The first-order chi connectivity index (χ1) is 8.56. The Kier molecular flexibility index (Phi) is 3.81. The molecule has 1 unspecified atom stereocenters. The number of ether oxygens (including phenoxy) is 1. The summed E-state index contributed by atoms with van der Waals surface area (Å²) in [4.78, 5) is 2.41. The van der Waals surface area contributed by atoms with Crippen LogP contribution in [0.1, 0.15) is 23.1 Å². The number of anilines is 1. The van der Waals surface area contributed by atoms with Gasteiger partial charge in [0.2, 0.25) is 0 Å². The van der Waals surface area contributed by atoms with Crippen molar-refractivity contribution in [2.75, 3.05) is 32.1 Å². The van der Waals surface area contributed by atoms with Crippen LogP contribution in [0.5, 0.6) is 5.75 Å². The molecular weight excluding hydrogens is 224 g/mol. The van der Waals surface area contributed by atoms with E-state index in [1.807, 2.05) is 0 Å². The number of rotatable bonds is 3. The van der Waals surface area contributed by atoms with Crippen LogP contribution in [0.2, 0.25) is 0 Å². The van der Waals surface area contributed by atoms with Crippen LogP contribution < -0.4 is 15.0 Å². The van der Waals surface area contributed by atoms with Crippen molar-refractivity contribution < 1.29 is 4.74 Å². The van der Waals surface area contributed by atoms with Crippen LogP contribution in [-0.2, 0) is 0 Å². The molecule has 1 atom stereocenters. The lowest BCUT2D eigenvalue weighted by Crippen LogP contribution is -2.34. The summed E-state index contributed by atoms with van der Waals surface area (Å²) in [5, 5.41) is 3.43. The lowest BCUT2D eigenvalue weighted by Gasteiger charge is -2.29. The van der Waals surface area contributed by atoms with Gasteiger partial charge in [-0.2, -0.15) is 0 Å². The van der Waals surface area contributed by atoms with Gasteiger partial charge in [0.25, 0.3) is 0 Å². The summed E-state index contributed by atoms with van der Waals surface area (Å²) in [6.07, 6.45) is 1.22. The van der Waals surface area contributed by atoms with Crippen molar-refractivity contribution in [2.24, 2.45) is 0 Å². The molecule has 1 aromatic rings. The molecule has 2 rings (SSSR count). The van der Waals surface area contributed by atoms with Crippen molar-refractivity contribution >= 4 is 5.69 Å². The van der Waals surface area contributed by atoms with Crippen molar-refractivity contribution in [1.29, 1.82) is 0 Å². The number of benzene rings is 1. The number of nitrogens with one attached hydrogen (secondary N) is 1. The first kappa shape index (κ1) is 13.2. The molecule has 1 aromatic carbocycles. The normalized spacial score (nSPS) is 19.1. The minimum absolute atomic E-state index is 0.607. The predicted molar refractivity (Wildman–Crippen MR) is 76.9 cm³/mol. The van der Waals surface area contributed by atoms with Crippen molar-refractivity contribution in [3.8, 4) is 5.75 Å². The molecule has 3 nitrogen and oxygen atoms in total. The zero-order chi connectivity index (χ0) is 13.3. The Bertz CT molecular complexity index is 437. The third-order valence-electron chi connectivity index (χ3n) is 4.16. The molecule has 3 heteroatoms. The van der Waals surface area contributed by atoms with E-state index in [0.717, 1.165) is 18.8 Å². The minimum Gasteiger partial charge on any atom is -0.496 e. The summed E-state index contributed by atoms with van der Waals surface area (Å²) >= 11 is 0. The molecule has 1 aliphatic heterocycles. The standard InChI is InChI=1S/C15H24N2O/c1-10-8-14(11(2)12(3)15(10)18-5)17(4)13-6-7-16-9-13/h8,13,16H,6-7,9H2,1-5H3. The molecule has 18 heavy (non-hydrogen) atoms. The number of methoxy groups -OCH3 is 1. The number of hydrogen-bond acceptors (Lipinski definition) is 3. The van der Waals surface area contributed by atoms with E-state index in [1.54, 1.807) is 7.11 Å². The maximum atomic E-state index is 5.49. The molecule has 1 N–H and O–H groups in total. The van der Waals surface area contributed by atoms with Crippen LogP contribution in [0, 0.1) is 20.8 Å². The molecule has 100 valence electrons.